The van der Waals surface area contributed by atoms with Gasteiger partial charge in [0.05, 0.1) is 7.11 Å². The highest BCUT2D eigenvalue weighted by Gasteiger charge is 2.25. The maximum atomic E-state index is 10.9. The van der Waals surface area contributed by atoms with Gasteiger partial charge in [-0.25, -0.2) is 9.59 Å². The lowest BCUT2D eigenvalue weighted by atomic mass is 10.2. The SMILES string of the molecule is COC(=O)c1noc(C)c1C(=O)O. The third-order valence-electron chi connectivity index (χ3n) is 1.46. The van der Waals surface area contributed by atoms with Gasteiger partial charge in [0.1, 0.15) is 11.3 Å². The minimum absolute atomic E-state index is 0.0768. The molecule has 0 amide bonds. The summed E-state index contributed by atoms with van der Waals surface area (Å²) in [5, 5.41) is 11.9. The second-order valence-corrected chi connectivity index (χ2v) is 2.26. The number of rotatable bonds is 2. The first-order chi connectivity index (χ1) is 6.07. The molecule has 0 aromatic carbocycles. The molecule has 1 aromatic heterocycles. The Bertz CT molecular complexity index is 354. The molecule has 0 unspecified atom stereocenters. The fourth-order valence-corrected chi connectivity index (χ4v) is 0.860. The van der Waals surface area contributed by atoms with E-state index in [1.807, 2.05) is 0 Å². The fraction of sp³-hybridized carbons (Fsp3) is 0.286. The van der Waals surface area contributed by atoms with Crippen molar-refractivity contribution in [2.24, 2.45) is 0 Å². The number of aromatic nitrogens is 1. The molecule has 70 valence electrons. The number of carboxylic acids is 1. The summed E-state index contributed by atoms with van der Waals surface area (Å²) in [6.45, 7) is 1.41. The number of carbonyl (C=O) groups excluding carboxylic acids is 1. The third kappa shape index (κ3) is 1.51. The van der Waals surface area contributed by atoms with E-state index in [4.69, 9.17) is 5.11 Å². The number of aromatic carboxylic acids is 1. The van der Waals surface area contributed by atoms with E-state index in [1.54, 1.807) is 0 Å². The highest BCUT2D eigenvalue weighted by Crippen LogP contribution is 2.13. The van der Waals surface area contributed by atoms with Crippen molar-refractivity contribution >= 4 is 11.9 Å². The van der Waals surface area contributed by atoms with Crippen molar-refractivity contribution < 1.29 is 24.0 Å². The molecule has 0 atom stereocenters. The molecule has 6 heteroatoms. The van der Waals surface area contributed by atoms with Gasteiger partial charge < -0.3 is 14.4 Å². The maximum Gasteiger partial charge on any atom is 0.361 e. The van der Waals surface area contributed by atoms with E-state index in [1.165, 1.54) is 6.92 Å². The molecule has 0 radical (unpaired) electrons. The van der Waals surface area contributed by atoms with Crippen LogP contribution in [0.1, 0.15) is 26.6 Å². The summed E-state index contributed by atoms with van der Waals surface area (Å²) in [6, 6.07) is 0. The first-order valence-electron chi connectivity index (χ1n) is 3.35. The molecule has 0 fully saturated rings. The number of esters is 1. The van der Waals surface area contributed by atoms with Crippen LogP contribution < -0.4 is 0 Å². The minimum Gasteiger partial charge on any atom is -0.477 e. The van der Waals surface area contributed by atoms with Crippen molar-refractivity contribution in [3.63, 3.8) is 0 Å². The number of nitrogens with zero attached hydrogens (tertiary/aromatic N) is 1. The predicted octanol–water partition coefficient (Wildman–Crippen LogP) is 0.468. The average molecular weight is 185 g/mol. The monoisotopic (exact) mass is 185 g/mol. The number of methoxy groups -OCH3 is 1. The number of aryl methyl sites for hydroxylation is 1. The van der Waals surface area contributed by atoms with Crippen LogP contribution in [0.3, 0.4) is 0 Å². The second kappa shape index (κ2) is 3.26. The first kappa shape index (κ1) is 9.24. The molecule has 0 aliphatic carbocycles. The Morgan fingerprint density at radius 2 is 2.15 bits per heavy atom. The largest absolute Gasteiger partial charge is 0.477 e. The maximum absolute atomic E-state index is 10.9. The summed E-state index contributed by atoms with van der Waals surface area (Å²) in [5.74, 6) is -2.01. The van der Waals surface area contributed by atoms with E-state index in [-0.39, 0.29) is 17.0 Å². The van der Waals surface area contributed by atoms with Gasteiger partial charge in [-0.05, 0) is 6.92 Å². The van der Waals surface area contributed by atoms with Crippen LogP contribution in [-0.2, 0) is 4.74 Å². The van der Waals surface area contributed by atoms with Gasteiger partial charge in [0, 0.05) is 0 Å². The van der Waals surface area contributed by atoms with Gasteiger partial charge in [0.25, 0.3) is 0 Å². The summed E-state index contributed by atoms with van der Waals surface area (Å²) < 4.78 is 8.86. The lowest BCUT2D eigenvalue weighted by Crippen LogP contribution is -2.09. The molecule has 1 N–H and O–H groups in total. The van der Waals surface area contributed by atoms with Crippen molar-refractivity contribution in [2.45, 2.75) is 6.92 Å². The van der Waals surface area contributed by atoms with E-state index >= 15 is 0 Å². The zero-order chi connectivity index (χ0) is 10.0. The lowest BCUT2D eigenvalue weighted by Gasteiger charge is -1.94. The van der Waals surface area contributed by atoms with Gasteiger partial charge >= 0.3 is 11.9 Å². The Hall–Kier alpha value is -1.85. The van der Waals surface area contributed by atoms with Crippen LogP contribution in [0, 0.1) is 6.92 Å². The number of carbonyl (C=O) groups is 2. The quantitative estimate of drug-likeness (QED) is 0.673. The lowest BCUT2D eigenvalue weighted by molar-refractivity contribution is 0.0574. The van der Waals surface area contributed by atoms with Crippen LogP contribution in [0.5, 0.6) is 0 Å². The molecule has 0 spiro atoms. The van der Waals surface area contributed by atoms with Gasteiger partial charge in [-0.1, -0.05) is 5.16 Å². The summed E-state index contributed by atoms with van der Waals surface area (Å²) in [7, 11) is 1.14. The Morgan fingerprint density at radius 1 is 1.54 bits per heavy atom. The Labute approximate surface area is 73.1 Å². The number of carboxylic acid groups (broad SMARTS) is 1. The number of hydrogen-bond acceptors (Lipinski definition) is 5. The zero-order valence-electron chi connectivity index (χ0n) is 7.03. The molecule has 1 aromatic rings. The molecule has 0 saturated heterocycles. The number of ether oxygens (including phenoxy) is 1. The predicted molar refractivity (Wildman–Crippen MR) is 39.5 cm³/mol. The number of hydrogen-bond donors (Lipinski definition) is 1. The van der Waals surface area contributed by atoms with Crippen LogP contribution in [0.25, 0.3) is 0 Å². The highest BCUT2D eigenvalue weighted by atomic mass is 16.5. The van der Waals surface area contributed by atoms with Crippen LogP contribution in [0.2, 0.25) is 0 Å². The summed E-state index contributed by atoms with van der Waals surface area (Å²) in [6.07, 6.45) is 0. The van der Waals surface area contributed by atoms with E-state index in [9.17, 15) is 9.59 Å². The van der Waals surface area contributed by atoms with Crippen LogP contribution in [-0.4, -0.2) is 29.3 Å². The molecule has 0 bridgehead atoms. The average Bonchev–Trinajstić information content (AvgIpc) is 2.45. The zero-order valence-corrected chi connectivity index (χ0v) is 7.03. The molecular weight excluding hydrogens is 178 g/mol. The summed E-state index contributed by atoms with van der Waals surface area (Å²) in [4.78, 5) is 21.6. The van der Waals surface area contributed by atoms with Crippen molar-refractivity contribution in [1.29, 1.82) is 0 Å². The Balaban J connectivity index is 3.22. The van der Waals surface area contributed by atoms with Gasteiger partial charge in [-0.2, -0.15) is 0 Å². The Kier molecular flexibility index (Phi) is 2.32. The molecule has 1 heterocycles. The highest BCUT2D eigenvalue weighted by molar-refractivity contribution is 6.01. The Morgan fingerprint density at radius 3 is 2.62 bits per heavy atom. The standard InChI is InChI=1S/C7H7NO5/c1-3-4(6(9)10)5(8-13-3)7(11)12-2/h1-2H3,(H,9,10). The molecule has 0 aliphatic heterocycles. The van der Waals surface area contributed by atoms with Crippen molar-refractivity contribution in [3.05, 3.63) is 17.0 Å². The van der Waals surface area contributed by atoms with Crippen LogP contribution in [0.15, 0.2) is 4.52 Å². The second-order valence-electron chi connectivity index (χ2n) is 2.26. The molecule has 13 heavy (non-hydrogen) atoms. The fourth-order valence-electron chi connectivity index (χ4n) is 0.860. The normalized spacial score (nSPS) is 9.69. The van der Waals surface area contributed by atoms with E-state index in [0.717, 1.165) is 7.11 Å². The third-order valence-corrected chi connectivity index (χ3v) is 1.46. The van der Waals surface area contributed by atoms with Gasteiger partial charge in [0.2, 0.25) is 5.69 Å². The topological polar surface area (TPSA) is 89.6 Å². The smallest absolute Gasteiger partial charge is 0.361 e. The van der Waals surface area contributed by atoms with Crippen molar-refractivity contribution in [1.82, 2.24) is 5.16 Å². The van der Waals surface area contributed by atoms with Crippen LogP contribution in [0.4, 0.5) is 0 Å². The molecule has 0 saturated carbocycles. The van der Waals surface area contributed by atoms with E-state index < -0.39 is 11.9 Å². The van der Waals surface area contributed by atoms with Gasteiger partial charge in [-0.15, -0.1) is 0 Å². The first-order valence-corrected chi connectivity index (χ1v) is 3.35. The van der Waals surface area contributed by atoms with Crippen molar-refractivity contribution in [2.75, 3.05) is 7.11 Å². The molecular formula is C7H7NO5. The van der Waals surface area contributed by atoms with Crippen molar-refractivity contribution in [3.8, 4) is 0 Å². The minimum atomic E-state index is -1.26. The van der Waals surface area contributed by atoms with E-state index in [0.29, 0.717) is 0 Å². The molecule has 1 rings (SSSR count). The summed E-state index contributed by atoms with van der Waals surface area (Å²) in [5.41, 5.74) is -0.570. The van der Waals surface area contributed by atoms with Gasteiger partial charge in [0.15, 0.2) is 0 Å². The molecule has 0 aliphatic rings. The van der Waals surface area contributed by atoms with Crippen LogP contribution >= 0.6 is 0 Å². The van der Waals surface area contributed by atoms with E-state index in [2.05, 4.69) is 14.4 Å². The molecule has 6 nitrogen and oxygen atoms in total. The summed E-state index contributed by atoms with van der Waals surface area (Å²) >= 11 is 0. The van der Waals surface area contributed by atoms with Gasteiger partial charge in [-0.3, -0.25) is 0 Å².